The lowest BCUT2D eigenvalue weighted by atomic mass is 9.98. The van der Waals surface area contributed by atoms with Crippen LogP contribution in [0.4, 0.5) is 9.18 Å². The second-order valence-corrected chi connectivity index (χ2v) is 8.78. The van der Waals surface area contributed by atoms with E-state index >= 15 is 0 Å². The number of amides is 2. The maximum Gasteiger partial charge on any atom is 0.407 e. The smallest absolute Gasteiger partial charge is 0.407 e. The molecule has 9 heteroatoms. The van der Waals surface area contributed by atoms with Gasteiger partial charge in [-0.2, -0.15) is 0 Å². The first kappa shape index (κ1) is 26.2. The number of fused-ring (bicyclic) bond motifs is 1. The number of carbonyl (C=O) groups excluding carboxylic acids is 3. The molecule has 0 bridgehead atoms. The highest BCUT2D eigenvalue weighted by molar-refractivity contribution is 5.98. The highest BCUT2D eigenvalue weighted by atomic mass is 19.1. The lowest BCUT2D eigenvalue weighted by Crippen LogP contribution is -2.41. The number of hydrogen-bond acceptors (Lipinski definition) is 6. The summed E-state index contributed by atoms with van der Waals surface area (Å²) < 4.78 is 29.1. The third-order valence-corrected chi connectivity index (χ3v) is 4.76. The lowest BCUT2D eigenvalue weighted by Gasteiger charge is -2.28. The molecule has 2 amide bonds. The van der Waals surface area contributed by atoms with Crippen LogP contribution in [0.15, 0.2) is 30.1 Å². The Hall–Kier alpha value is -3.10. The van der Waals surface area contributed by atoms with E-state index in [4.69, 9.17) is 14.2 Å². The summed E-state index contributed by atoms with van der Waals surface area (Å²) in [6, 6.07) is 5.00. The number of benzene rings is 1. The predicted octanol–water partition coefficient (Wildman–Crippen LogP) is 3.79. The zero-order valence-corrected chi connectivity index (χ0v) is 19.7. The van der Waals surface area contributed by atoms with E-state index in [0.717, 1.165) is 18.4 Å². The molecule has 0 aromatic heterocycles. The van der Waals surface area contributed by atoms with Crippen LogP contribution in [0.5, 0.6) is 5.75 Å². The summed E-state index contributed by atoms with van der Waals surface area (Å²) in [5.74, 6) is -0.169. The van der Waals surface area contributed by atoms with E-state index in [1.165, 1.54) is 4.90 Å². The van der Waals surface area contributed by atoms with Gasteiger partial charge in [0.2, 0.25) is 0 Å². The number of esters is 1. The minimum Gasteiger partial charge on any atom is -0.489 e. The molecule has 0 saturated heterocycles. The molecule has 0 unspecified atom stereocenters. The average molecular weight is 465 g/mol. The molecular weight excluding hydrogens is 431 g/mol. The van der Waals surface area contributed by atoms with Gasteiger partial charge in [-0.25, -0.2) is 9.18 Å². The van der Waals surface area contributed by atoms with E-state index in [0.29, 0.717) is 37.2 Å². The van der Waals surface area contributed by atoms with Crippen molar-refractivity contribution >= 4 is 18.0 Å². The van der Waals surface area contributed by atoms with E-state index in [9.17, 15) is 18.8 Å². The third kappa shape index (κ3) is 8.75. The number of alkyl carbamates (subject to hydrolysis) is 1. The van der Waals surface area contributed by atoms with Crippen molar-refractivity contribution in [2.75, 3.05) is 32.8 Å². The fraction of sp³-hybridized carbons (Fsp3) is 0.542. The zero-order chi connectivity index (χ0) is 24.4. The topological polar surface area (TPSA) is 94.2 Å². The number of hydrogen-bond donors (Lipinski definition) is 1. The summed E-state index contributed by atoms with van der Waals surface area (Å²) in [7, 11) is 0. The Labute approximate surface area is 194 Å². The molecule has 1 N–H and O–H groups in total. The van der Waals surface area contributed by atoms with Gasteiger partial charge in [0.15, 0.2) is 0 Å². The second-order valence-electron chi connectivity index (χ2n) is 8.78. The normalized spacial score (nSPS) is 13.9. The van der Waals surface area contributed by atoms with E-state index in [1.807, 2.05) is 6.92 Å². The van der Waals surface area contributed by atoms with E-state index in [1.54, 1.807) is 39.0 Å². The predicted molar refractivity (Wildman–Crippen MR) is 121 cm³/mol. The standard InChI is InChI=1S/C24H33FN2O6/c1-5-6-11-31-21(28)15-27-10-9-18-12-19(7-8-20(18)22(27)29)32-16-17(13-25)14-26-23(30)33-24(2,3)4/h7-8,12-13H,5-6,9-11,14-16H2,1-4H3,(H,26,30)/b17-13+. The zero-order valence-electron chi connectivity index (χ0n) is 19.7. The number of nitrogens with zero attached hydrogens (tertiary/aromatic N) is 1. The molecule has 1 aliphatic heterocycles. The van der Waals surface area contributed by atoms with Gasteiger partial charge in [-0.15, -0.1) is 0 Å². The molecule has 0 spiro atoms. The van der Waals surface area contributed by atoms with Crippen LogP contribution in [0.2, 0.25) is 0 Å². The number of rotatable bonds is 10. The second kappa shape index (κ2) is 12.2. The average Bonchev–Trinajstić information content (AvgIpc) is 2.75. The fourth-order valence-corrected chi connectivity index (χ4v) is 3.08. The van der Waals surface area contributed by atoms with Crippen molar-refractivity contribution < 1.29 is 33.0 Å². The molecule has 1 aromatic carbocycles. The van der Waals surface area contributed by atoms with Crippen LogP contribution >= 0.6 is 0 Å². The largest absolute Gasteiger partial charge is 0.489 e. The van der Waals surface area contributed by atoms with Gasteiger partial charge in [0, 0.05) is 24.2 Å². The van der Waals surface area contributed by atoms with Crippen molar-refractivity contribution in [3.63, 3.8) is 0 Å². The molecule has 33 heavy (non-hydrogen) atoms. The van der Waals surface area contributed by atoms with Gasteiger partial charge in [0.1, 0.15) is 24.5 Å². The van der Waals surface area contributed by atoms with Crippen LogP contribution in [0, 0.1) is 0 Å². The molecule has 0 saturated carbocycles. The third-order valence-electron chi connectivity index (χ3n) is 4.76. The molecule has 1 aromatic rings. The maximum atomic E-state index is 13.2. The Morgan fingerprint density at radius 2 is 2.03 bits per heavy atom. The molecule has 0 atom stereocenters. The molecule has 1 aliphatic rings. The molecular formula is C24H33FN2O6. The van der Waals surface area contributed by atoms with E-state index < -0.39 is 17.7 Å². The molecule has 0 fully saturated rings. The lowest BCUT2D eigenvalue weighted by molar-refractivity contribution is -0.144. The fourth-order valence-electron chi connectivity index (χ4n) is 3.08. The minimum atomic E-state index is -0.647. The summed E-state index contributed by atoms with van der Waals surface area (Å²) >= 11 is 0. The summed E-state index contributed by atoms with van der Waals surface area (Å²) in [5.41, 5.74) is 0.877. The maximum absolute atomic E-state index is 13.2. The number of carbonyl (C=O) groups is 3. The Morgan fingerprint density at radius 3 is 2.70 bits per heavy atom. The van der Waals surface area contributed by atoms with Crippen molar-refractivity contribution in [2.45, 2.75) is 52.6 Å². The van der Waals surface area contributed by atoms with Crippen LogP contribution in [-0.4, -0.2) is 61.3 Å². The number of ether oxygens (including phenoxy) is 3. The van der Waals surface area contributed by atoms with Gasteiger partial charge in [0.25, 0.3) is 5.91 Å². The highest BCUT2D eigenvalue weighted by Gasteiger charge is 2.26. The van der Waals surface area contributed by atoms with E-state index in [-0.39, 0.29) is 31.2 Å². The highest BCUT2D eigenvalue weighted by Crippen LogP contribution is 2.24. The molecule has 182 valence electrons. The van der Waals surface area contributed by atoms with Crippen LogP contribution in [-0.2, 0) is 20.7 Å². The SMILES string of the molecule is CCCCOC(=O)CN1CCc2cc(OC/C(=C/F)CNC(=O)OC(C)(C)C)ccc2C1=O. The van der Waals surface area contributed by atoms with Gasteiger partial charge in [0.05, 0.1) is 12.9 Å². The van der Waals surface area contributed by atoms with Crippen molar-refractivity contribution in [2.24, 2.45) is 0 Å². The number of halogens is 1. The van der Waals surface area contributed by atoms with Gasteiger partial charge in [-0.3, -0.25) is 9.59 Å². The molecule has 0 aliphatic carbocycles. The summed E-state index contributed by atoms with van der Waals surface area (Å²) in [4.78, 5) is 37.8. The summed E-state index contributed by atoms with van der Waals surface area (Å²) in [6.45, 7) is 7.77. The van der Waals surface area contributed by atoms with Crippen LogP contribution in [0.1, 0.15) is 56.5 Å². The van der Waals surface area contributed by atoms with Crippen LogP contribution in [0.25, 0.3) is 0 Å². The number of unbranched alkanes of at least 4 members (excludes halogenated alkanes) is 1. The Kier molecular flexibility index (Phi) is 9.69. The van der Waals surface area contributed by atoms with Crippen molar-refractivity contribution in [1.29, 1.82) is 0 Å². The van der Waals surface area contributed by atoms with Gasteiger partial charge < -0.3 is 24.4 Å². The van der Waals surface area contributed by atoms with Gasteiger partial charge in [-0.05, 0) is 57.4 Å². The molecule has 1 heterocycles. The van der Waals surface area contributed by atoms with Crippen molar-refractivity contribution in [3.8, 4) is 5.75 Å². The quantitative estimate of drug-likeness (QED) is 0.418. The number of nitrogens with one attached hydrogen (secondary N) is 1. The van der Waals surface area contributed by atoms with Crippen LogP contribution in [0.3, 0.4) is 0 Å². The van der Waals surface area contributed by atoms with E-state index in [2.05, 4.69) is 5.32 Å². The summed E-state index contributed by atoms with van der Waals surface area (Å²) in [6.07, 6.45) is 2.02. The Morgan fingerprint density at radius 1 is 1.27 bits per heavy atom. The molecule has 8 nitrogen and oxygen atoms in total. The van der Waals surface area contributed by atoms with Crippen molar-refractivity contribution in [3.05, 3.63) is 41.2 Å². The minimum absolute atomic E-state index is 0.0574. The first-order chi connectivity index (χ1) is 15.6. The molecule has 0 radical (unpaired) electrons. The summed E-state index contributed by atoms with van der Waals surface area (Å²) in [5, 5.41) is 2.48. The molecule has 2 rings (SSSR count). The van der Waals surface area contributed by atoms with Gasteiger partial charge >= 0.3 is 12.1 Å². The van der Waals surface area contributed by atoms with Gasteiger partial charge in [-0.1, -0.05) is 13.3 Å². The first-order valence-electron chi connectivity index (χ1n) is 11.1. The Balaban J connectivity index is 1.88. The van der Waals surface area contributed by atoms with Crippen LogP contribution < -0.4 is 10.1 Å². The Bertz CT molecular complexity index is 878. The van der Waals surface area contributed by atoms with Crippen molar-refractivity contribution in [1.82, 2.24) is 10.2 Å². The monoisotopic (exact) mass is 464 g/mol. The first-order valence-corrected chi connectivity index (χ1v) is 11.1.